The maximum absolute atomic E-state index is 5.72. The second-order valence-electron chi connectivity index (χ2n) is 3.95. The van der Waals surface area contributed by atoms with Gasteiger partial charge in [-0.1, -0.05) is 32.5 Å². The quantitative estimate of drug-likeness (QED) is 0.217. The third-order valence-corrected chi connectivity index (χ3v) is 3.89. The number of hydrazine groups is 1. The Morgan fingerprint density at radius 1 is 1.44 bits per heavy atom. The number of nitrogen functional groups attached to an aromatic ring is 2. The molecule has 1 heterocycles. The zero-order chi connectivity index (χ0) is 12.3. The number of anilines is 2. The molecule has 5 nitrogen and oxygen atoms in total. The Morgan fingerprint density at radius 3 is 2.56 bits per heavy atom. The molecule has 0 fully saturated rings. The van der Waals surface area contributed by atoms with Crippen LogP contribution in [0.25, 0.3) is 0 Å². The molecule has 16 heavy (non-hydrogen) atoms. The highest BCUT2D eigenvalue weighted by Gasteiger charge is 2.20. The van der Waals surface area contributed by atoms with Crippen LogP contribution in [0.1, 0.15) is 27.2 Å². The van der Waals surface area contributed by atoms with Crippen LogP contribution in [0.5, 0.6) is 0 Å². The Morgan fingerprint density at radius 2 is 2.06 bits per heavy atom. The van der Waals surface area contributed by atoms with E-state index in [2.05, 4.69) is 48.8 Å². The maximum Gasteiger partial charge on any atom is 0.192 e. The van der Waals surface area contributed by atoms with E-state index in [0.29, 0.717) is 21.7 Å². The Bertz CT molecular complexity index is 380. The molecule has 7 heteroatoms. The lowest BCUT2D eigenvalue weighted by atomic mass is 10.1. The molecule has 0 saturated heterocycles. The van der Waals surface area contributed by atoms with Crippen LogP contribution in [0.2, 0.25) is 0 Å². The van der Waals surface area contributed by atoms with E-state index in [1.807, 2.05) is 0 Å². The molecule has 5 N–H and O–H groups in total. The van der Waals surface area contributed by atoms with Crippen molar-refractivity contribution in [2.24, 2.45) is 5.84 Å². The van der Waals surface area contributed by atoms with E-state index in [1.165, 1.54) is 0 Å². The van der Waals surface area contributed by atoms with Gasteiger partial charge >= 0.3 is 0 Å². The first kappa shape index (κ1) is 13.4. The molecule has 1 aromatic rings. The highest BCUT2D eigenvalue weighted by molar-refractivity contribution is 8.00. The third-order valence-electron chi connectivity index (χ3n) is 2.25. The highest BCUT2D eigenvalue weighted by atomic mass is 32.2. The average Bonchev–Trinajstić information content (AvgIpc) is 2.22. The van der Waals surface area contributed by atoms with Gasteiger partial charge in [-0.05, 0) is 6.42 Å². The molecular formula is C9H17N5S2. The summed E-state index contributed by atoms with van der Waals surface area (Å²) in [6.45, 7) is 6.37. The molecule has 0 bridgehead atoms. The van der Waals surface area contributed by atoms with Crippen molar-refractivity contribution in [2.45, 2.75) is 42.0 Å². The summed E-state index contributed by atoms with van der Waals surface area (Å²) in [5.41, 5.74) is 8.18. The summed E-state index contributed by atoms with van der Waals surface area (Å²) in [7, 11) is 0. The van der Waals surface area contributed by atoms with Gasteiger partial charge in [-0.2, -0.15) is 0 Å². The van der Waals surface area contributed by atoms with Gasteiger partial charge in [-0.15, -0.1) is 12.6 Å². The van der Waals surface area contributed by atoms with Gasteiger partial charge in [-0.3, -0.25) is 0 Å². The number of hydrogen-bond acceptors (Lipinski definition) is 7. The molecule has 90 valence electrons. The number of rotatable bonds is 4. The maximum atomic E-state index is 5.72. The highest BCUT2D eigenvalue weighted by Crippen LogP contribution is 2.35. The molecule has 0 aliphatic rings. The van der Waals surface area contributed by atoms with Crippen molar-refractivity contribution in [1.82, 2.24) is 9.97 Å². The second kappa shape index (κ2) is 5.11. The summed E-state index contributed by atoms with van der Waals surface area (Å²) in [5.74, 6) is 6.11. The first-order valence-corrected chi connectivity index (χ1v) is 6.18. The lowest BCUT2D eigenvalue weighted by molar-refractivity contribution is 0.680. The number of thiol groups is 1. The van der Waals surface area contributed by atoms with E-state index >= 15 is 0 Å². The van der Waals surface area contributed by atoms with Gasteiger partial charge in [0, 0.05) is 4.75 Å². The van der Waals surface area contributed by atoms with Gasteiger partial charge in [0.15, 0.2) is 11.0 Å². The first-order chi connectivity index (χ1) is 7.39. The largest absolute Gasteiger partial charge is 0.383 e. The molecule has 0 aromatic carbocycles. The van der Waals surface area contributed by atoms with Crippen molar-refractivity contribution in [2.75, 3.05) is 11.2 Å². The number of hydrogen-bond donors (Lipinski definition) is 4. The van der Waals surface area contributed by atoms with Crippen molar-refractivity contribution in [3.05, 3.63) is 0 Å². The lowest BCUT2D eigenvalue weighted by Crippen LogP contribution is -2.16. The predicted molar refractivity (Wildman–Crippen MR) is 71.7 cm³/mol. The minimum Gasteiger partial charge on any atom is -0.383 e. The van der Waals surface area contributed by atoms with Crippen LogP contribution in [0, 0.1) is 0 Å². The van der Waals surface area contributed by atoms with E-state index in [-0.39, 0.29) is 4.75 Å². The molecule has 1 rings (SSSR count). The number of thioether (sulfide) groups is 1. The topological polar surface area (TPSA) is 89.8 Å². The molecule has 0 saturated carbocycles. The fourth-order valence-corrected chi connectivity index (χ4v) is 2.00. The SMILES string of the molecule is CCC(C)(C)Sc1nc(N)c(S)c(NN)n1. The van der Waals surface area contributed by atoms with Crippen molar-refractivity contribution in [1.29, 1.82) is 0 Å². The number of nitrogens with zero attached hydrogens (tertiary/aromatic N) is 2. The van der Waals surface area contributed by atoms with E-state index in [1.54, 1.807) is 11.8 Å². The molecule has 0 atom stereocenters. The Hall–Kier alpha value is -0.660. The lowest BCUT2D eigenvalue weighted by Gasteiger charge is -2.21. The van der Waals surface area contributed by atoms with Crippen LogP contribution in [0.4, 0.5) is 11.6 Å². The van der Waals surface area contributed by atoms with Crippen LogP contribution in [-0.4, -0.2) is 14.7 Å². The van der Waals surface area contributed by atoms with Gasteiger partial charge < -0.3 is 11.2 Å². The average molecular weight is 259 g/mol. The summed E-state index contributed by atoms with van der Waals surface area (Å²) in [6, 6.07) is 0. The van der Waals surface area contributed by atoms with E-state index in [4.69, 9.17) is 11.6 Å². The molecule has 0 aliphatic carbocycles. The summed E-state index contributed by atoms with van der Waals surface area (Å²) < 4.78 is 0.0659. The zero-order valence-corrected chi connectivity index (χ0v) is 11.3. The molecule has 1 aromatic heterocycles. The molecule has 0 amide bonds. The molecule has 0 radical (unpaired) electrons. The van der Waals surface area contributed by atoms with E-state index < -0.39 is 0 Å². The zero-order valence-electron chi connectivity index (χ0n) is 9.61. The number of nitrogens with one attached hydrogen (secondary N) is 1. The summed E-state index contributed by atoms with van der Waals surface area (Å²) >= 11 is 5.74. The second-order valence-corrected chi connectivity index (χ2v) is 6.07. The normalized spacial score (nSPS) is 11.6. The van der Waals surface area contributed by atoms with E-state index in [0.717, 1.165) is 6.42 Å². The van der Waals surface area contributed by atoms with Crippen LogP contribution < -0.4 is 17.0 Å². The minimum atomic E-state index is 0.0659. The van der Waals surface area contributed by atoms with Crippen molar-refractivity contribution in [3.8, 4) is 0 Å². The van der Waals surface area contributed by atoms with Gasteiger partial charge in [0.2, 0.25) is 0 Å². The fourth-order valence-electron chi connectivity index (χ4n) is 0.916. The monoisotopic (exact) mass is 259 g/mol. The van der Waals surface area contributed by atoms with Gasteiger partial charge in [-0.25, -0.2) is 15.8 Å². The van der Waals surface area contributed by atoms with Crippen LogP contribution >= 0.6 is 24.4 Å². The Labute approximate surface area is 105 Å². The van der Waals surface area contributed by atoms with Crippen molar-refractivity contribution < 1.29 is 0 Å². The van der Waals surface area contributed by atoms with Crippen LogP contribution in [0.15, 0.2) is 10.1 Å². The molecule has 0 unspecified atom stereocenters. The fraction of sp³-hybridized carbons (Fsp3) is 0.556. The smallest absolute Gasteiger partial charge is 0.192 e. The predicted octanol–water partition coefficient (Wildman–Crippen LogP) is 1.91. The third kappa shape index (κ3) is 3.16. The van der Waals surface area contributed by atoms with Crippen LogP contribution in [0.3, 0.4) is 0 Å². The summed E-state index contributed by atoms with van der Waals surface area (Å²) in [4.78, 5) is 8.89. The Balaban J connectivity index is 3.03. The minimum absolute atomic E-state index is 0.0659. The van der Waals surface area contributed by atoms with Gasteiger partial charge in [0.05, 0.1) is 4.90 Å². The summed E-state index contributed by atoms with van der Waals surface area (Å²) in [5, 5.41) is 0.607. The number of aromatic nitrogens is 2. The van der Waals surface area contributed by atoms with E-state index in [9.17, 15) is 0 Å². The molecule has 0 spiro atoms. The summed E-state index contributed by atoms with van der Waals surface area (Å²) in [6.07, 6.45) is 1.01. The Kier molecular flexibility index (Phi) is 4.28. The van der Waals surface area contributed by atoms with Gasteiger partial charge in [0.1, 0.15) is 5.82 Å². The number of nitrogens with two attached hydrogens (primary N) is 2. The van der Waals surface area contributed by atoms with Crippen LogP contribution in [-0.2, 0) is 0 Å². The van der Waals surface area contributed by atoms with Crippen molar-refractivity contribution >= 4 is 36.0 Å². The molecule has 0 aliphatic heterocycles. The van der Waals surface area contributed by atoms with Gasteiger partial charge in [0.25, 0.3) is 0 Å². The first-order valence-electron chi connectivity index (χ1n) is 4.91. The standard InChI is InChI=1S/C9H17N5S2/c1-4-9(2,3)16-8-12-6(10)5(15)7(13-8)14-11/h15H,4,11H2,1-3H3,(H3,10,12,13,14). The van der Waals surface area contributed by atoms with Crippen molar-refractivity contribution in [3.63, 3.8) is 0 Å². The molecular weight excluding hydrogens is 242 g/mol.